The standard InChI is InChI=1S/C18H20N2O3/c1-3-12-23-17-8-4-14(5-9-17)13-19-20-18(21)15-6-10-16(22-2)11-7-15/h4-11,13H,3,12H2,1-2H3,(H,20,21)/b19-13+. The number of nitrogens with zero attached hydrogens (tertiary/aromatic N) is 1. The molecule has 0 unspecified atom stereocenters. The second kappa shape index (κ2) is 8.58. The van der Waals surface area contributed by atoms with E-state index in [1.54, 1.807) is 37.6 Å². The summed E-state index contributed by atoms with van der Waals surface area (Å²) < 4.78 is 10.6. The number of benzene rings is 2. The largest absolute Gasteiger partial charge is 0.497 e. The van der Waals surface area contributed by atoms with Crippen molar-refractivity contribution >= 4 is 12.1 Å². The summed E-state index contributed by atoms with van der Waals surface area (Å²) in [6.45, 7) is 2.76. The van der Waals surface area contributed by atoms with Crippen LogP contribution in [0.1, 0.15) is 29.3 Å². The van der Waals surface area contributed by atoms with Crippen LogP contribution in [0.2, 0.25) is 0 Å². The van der Waals surface area contributed by atoms with Gasteiger partial charge < -0.3 is 9.47 Å². The lowest BCUT2D eigenvalue weighted by molar-refractivity contribution is 0.0955. The average molecular weight is 312 g/mol. The predicted molar refractivity (Wildman–Crippen MR) is 90.3 cm³/mol. The molecule has 5 nitrogen and oxygen atoms in total. The quantitative estimate of drug-likeness (QED) is 0.630. The molecule has 2 aromatic carbocycles. The van der Waals surface area contributed by atoms with Gasteiger partial charge in [-0.15, -0.1) is 0 Å². The number of nitrogens with one attached hydrogen (secondary N) is 1. The highest BCUT2D eigenvalue weighted by Crippen LogP contribution is 2.12. The maximum Gasteiger partial charge on any atom is 0.271 e. The number of carbonyl (C=O) groups is 1. The Bertz CT molecular complexity index is 649. The summed E-state index contributed by atoms with van der Waals surface area (Å²) in [6, 6.07) is 14.3. The molecule has 0 aliphatic carbocycles. The second-order valence-electron chi connectivity index (χ2n) is 4.85. The van der Waals surface area contributed by atoms with E-state index in [4.69, 9.17) is 9.47 Å². The van der Waals surface area contributed by atoms with E-state index in [0.29, 0.717) is 17.9 Å². The zero-order valence-electron chi connectivity index (χ0n) is 13.3. The van der Waals surface area contributed by atoms with Gasteiger partial charge in [0.25, 0.3) is 5.91 Å². The fraction of sp³-hybridized carbons (Fsp3) is 0.222. The van der Waals surface area contributed by atoms with Crippen molar-refractivity contribution < 1.29 is 14.3 Å². The lowest BCUT2D eigenvalue weighted by Crippen LogP contribution is -2.17. The van der Waals surface area contributed by atoms with Crippen molar-refractivity contribution in [2.24, 2.45) is 5.10 Å². The average Bonchev–Trinajstić information content (AvgIpc) is 2.61. The molecule has 0 aliphatic heterocycles. The molecule has 0 saturated heterocycles. The van der Waals surface area contributed by atoms with Crippen LogP contribution >= 0.6 is 0 Å². The van der Waals surface area contributed by atoms with Gasteiger partial charge in [0.15, 0.2) is 0 Å². The predicted octanol–water partition coefficient (Wildman–Crippen LogP) is 3.25. The first-order valence-electron chi connectivity index (χ1n) is 7.43. The Hall–Kier alpha value is -2.82. The van der Waals surface area contributed by atoms with Gasteiger partial charge in [-0.1, -0.05) is 6.92 Å². The Kier molecular flexibility index (Phi) is 6.17. The SMILES string of the molecule is CCCOc1ccc(/C=N/NC(=O)c2ccc(OC)cc2)cc1. The van der Waals surface area contributed by atoms with Crippen LogP contribution in [0, 0.1) is 0 Å². The number of methoxy groups -OCH3 is 1. The third kappa shape index (κ3) is 5.14. The van der Waals surface area contributed by atoms with E-state index in [0.717, 1.165) is 17.7 Å². The molecular formula is C18H20N2O3. The molecular weight excluding hydrogens is 292 g/mol. The minimum absolute atomic E-state index is 0.271. The first kappa shape index (κ1) is 16.5. The number of ether oxygens (including phenoxy) is 2. The van der Waals surface area contributed by atoms with Crippen molar-refractivity contribution in [3.05, 3.63) is 59.7 Å². The zero-order chi connectivity index (χ0) is 16.5. The first-order valence-corrected chi connectivity index (χ1v) is 7.43. The summed E-state index contributed by atoms with van der Waals surface area (Å²) in [5.74, 6) is 1.26. The molecule has 0 heterocycles. The molecule has 2 rings (SSSR count). The Morgan fingerprint density at radius 3 is 2.35 bits per heavy atom. The lowest BCUT2D eigenvalue weighted by Gasteiger charge is -2.04. The summed E-state index contributed by atoms with van der Waals surface area (Å²) >= 11 is 0. The van der Waals surface area contributed by atoms with Gasteiger partial charge >= 0.3 is 0 Å². The summed E-state index contributed by atoms with van der Waals surface area (Å²) in [4.78, 5) is 11.9. The number of hydrazone groups is 1. The molecule has 0 aromatic heterocycles. The molecule has 0 radical (unpaired) electrons. The molecule has 0 aliphatic rings. The van der Waals surface area contributed by atoms with Crippen molar-refractivity contribution in [1.29, 1.82) is 0 Å². The van der Waals surface area contributed by atoms with E-state index < -0.39 is 0 Å². The highest BCUT2D eigenvalue weighted by Gasteiger charge is 2.03. The highest BCUT2D eigenvalue weighted by molar-refractivity contribution is 5.95. The first-order chi connectivity index (χ1) is 11.2. The number of amides is 1. The Balaban J connectivity index is 1.88. The summed E-state index contributed by atoms with van der Waals surface area (Å²) in [7, 11) is 1.58. The molecule has 2 aromatic rings. The summed E-state index contributed by atoms with van der Waals surface area (Å²) in [5.41, 5.74) is 3.89. The van der Waals surface area contributed by atoms with Crippen LogP contribution in [-0.4, -0.2) is 25.8 Å². The summed E-state index contributed by atoms with van der Waals surface area (Å²) in [6.07, 6.45) is 2.56. The molecule has 0 spiro atoms. The van der Waals surface area contributed by atoms with E-state index in [1.807, 2.05) is 24.3 Å². The Morgan fingerprint density at radius 1 is 1.09 bits per heavy atom. The van der Waals surface area contributed by atoms with E-state index in [9.17, 15) is 4.79 Å². The number of hydrogen-bond donors (Lipinski definition) is 1. The summed E-state index contributed by atoms with van der Waals surface area (Å²) in [5, 5.41) is 3.96. The fourth-order valence-corrected chi connectivity index (χ4v) is 1.84. The van der Waals surface area contributed by atoms with Crippen LogP contribution in [0.5, 0.6) is 11.5 Å². The van der Waals surface area contributed by atoms with E-state index in [-0.39, 0.29) is 5.91 Å². The molecule has 1 N–H and O–H groups in total. The topological polar surface area (TPSA) is 59.9 Å². The maximum atomic E-state index is 11.9. The van der Waals surface area contributed by atoms with Gasteiger partial charge in [0.2, 0.25) is 0 Å². The molecule has 1 amide bonds. The van der Waals surface area contributed by atoms with Gasteiger partial charge in [0.1, 0.15) is 11.5 Å². The van der Waals surface area contributed by atoms with Crippen molar-refractivity contribution in [1.82, 2.24) is 5.43 Å². The monoisotopic (exact) mass is 312 g/mol. The second-order valence-corrected chi connectivity index (χ2v) is 4.85. The van der Waals surface area contributed by atoms with Crippen molar-refractivity contribution in [2.75, 3.05) is 13.7 Å². The Labute approximate surface area is 135 Å². The molecule has 23 heavy (non-hydrogen) atoms. The fourth-order valence-electron chi connectivity index (χ4n) is 1.84. The zero-order valence-corrected chi connectivity index (χ0v) is 13.3. The minimum Gasteiger partial charge on any atom is -0.497 e. The third-order valence-corrected chi connectivity index (χ3v) is 3.08. The number of hydrogen-bond acceptors (Lipinski definition) is 4. The van der Waals surface area contributed by atoms with Crippen LogP contribution < -0.4 is 14.9 Å². The van der Waals surface area contributed by atoms with E-state index >= 15 is 0 Å². The van der Waals surface area contributed by atoms with Gasteiger partial charge in [-0.3, -0.25) is 4.79 Å². The van der Waals surface area contributed by atoms with Gasteiger partial charge in [0, 0.05) is 5.56 Å². The van der Waals surface area contributed by atoms with Crippen molar-refractivity contribution in [2.45, 2.75) is 13.3 Å². The van der Waals surface area contributed by atoms with Gasteiger partial charge in [-0.05, 0) is 60.5 Å². The lowest BCUT2D eigenvalue weighted by atomic mass is 10.2. The van der Waals surface area contributed by atoms with E-state index in [2.05, 4.69) is 17.5 Å². The van der Waals surface area contributed by atoms with Gasteiger partial charge in [0.05, 0.1) is 19.9 Å². The molecule has 0 bridgehead atoms. The van der Waals surface area contributed by atoms with Crippen LogP contribution in [0.3, 0.4) is 0 Å². The molecule has 0 atom stereocenters. The normalized spacial score (nSPS) is 10.5. The van der Waals surface area contributed by atoms with Crippen LogP contribution in [-0.2, 0) is 0 Å². The molecule has 120 valence electrons. The molecule has 0 saturated carbocycles. The van der Waals surface area contributed by atoms with Crippen LogP contribution in [0.4, 0.5) is 0 Å². The smallest absolute Gasteiger partial charge is 0.271 e. The van der Waals surface area contributed by atoms with Gasteiger partial charge in [-0.25, -0.2) is 5.43 Å². The number of carbonyl (C=O) groups excluding carboxylic acids is 1. The van der Waals surface area contributed by atoms with Crippen LogP contribution in [0.25, 0.3) is 0 Å². The molecule has 0 fully saturated rings. The maximum absolute atomic E-state index is 11.9. The third-order valence-electron chi connectivity index (χ3n) is 3.08. The Morgan fingerprint density at radius 2 is 1.74 bits per heavy atom. The van der Waals surface area contributed by atoms with Crippen molar-refractivity contribution in [3.63, 3.8) is 0 Å². The molecule has 5 heteroatoms. The number of rotatable bonds is 7. The minimum atomic E-state index is -0.271. The van der Waals surface area contributed by atoms with Gasteiger partial charge in [-0.2, -0.15) is 5.10 Å². The van der Waals surface area contributed by atoms with Crippen molar-refractivity contribution in [3.8, 4) is 11.5 Å². The highest BCUT2D eigenvalue weighted by atomic mass is 16.5. The van der Waals surface area contributed by atoms with Crippen LogP contribution in [0.15, 0.2) is 53.6 Å². The van der Waals surface area contributed by atoms with E-state index in [1.165, 1.54) is 0 Å².